The van der Waals surface area contributed by atoms with Crippen LogP contribution in [0.1, 0.15) is 5.56 Å². The standard InChI is InChI=1S/C14H11ClO2S/c15-14(11-12-7-3-1-4-8-12)18(16,17)13-9-5-2-6-10-13/h1-11H/b14-11-. The highest BCUT2D eigenvalue weighted by molar-refractivity contribution is 7.97. The zero-order valence-electron chi connectivity index (χ0n) is 9.45. The molecule has 2 nitrogen and oxygen atoms in total. The van der Waals surface area contributed by atoms with Crippen LogP contribution in [-0.2, 0) is 9.84 Å². The van der Waals surface area contributed by atoms with Gasteiger partial charge in [-0.2, -0.15) is 0 Å². The van der Waals surface area contributed by atoms with E-state index in [-0.39, 0.29) is 9.26 Å². The van der Waals surface area contributed by atoms with E-state index in [1.54, 1.807) is 30.3 Å². The highest BCUT2D eigenvalue weighted by atomic mass is 35.5. The Morgan fingerprint density at radius 3 is 1.94 bits per heavy atom. The summed E-state index contributed by atoms with van der Waals surface area (Å²) in [5.74, 6) is 0. The second kappa shape index (κ2) is 5.38. The third-order valence-electron chi connectivity index (χ3n) is 2.39. The summed E-state index contributed by atoms with van der Waals surface area (Å²) in [4.78, 5) is 0.196. The van der Waals surface area contributed by atoms with Crippen molar-refractivity contribution < 1.29 is 8.42 Å². The van der Waals surface area contributed by atoms with Crippen LogP contribution in [-0.4, -0.2) is 8.42 Å². The third kappa shape index (κ3) is 2.81. The first-order valence-corrected chi connectivity index (χ1v) is 7.19. The van der Waals surface area contributed by atoms with Crippen molar-refractivity contribution >= 4 is 27.5 Å². The summed E-state index contributed by atoms with van der Waals surface area (Å²) in [6.45, 7) is 0. The molecule has 0 atom stereocenters. The highest BCUT2D eigenvalue weighted by Gasteiger charge is 2.18. The van der Waals surface area contributed by atoms with Crippen molar-refractivity contribution in [3.63, 3.8) is 0 Å². The molecule has 0 heterocycles. The maximum absolute atomic E-state index is 12.1. The minimum absolute atomic E-state index is 0.181. The fraction of sp³-hybridized carbons (Fsp3) is 0. The molecule has 0 spiro atoms. The number of sulfone groups is 1. The summed E-state index contributed by atoms with van der Waals surface area (Å²) in [5, 5.41) is 0. The number of halogens is 1. The molecule has 0 radical (unpaired) electrons. The molecule has 0 amide bonds. The smallest absolute Gasteiger partial charge is 0.217 e. The van der Waals surface area contributed by atoms with Crippen molar-refractivity contribution in [2.75, 3.05) is 0 Å². The van der Waals surface area contributed by atoms with Gasteiger partial charge in [-0.05, 0) is 23.8 Å². The van der Waals surface area contributed by atoms with E-state index in [0.717, 1.165) is 5.56 Å². The van der Waals surface area contributed by atoms with Crippen LogP contribution < -0.4 is 0 Å². The Hall–Kier alpha value is -1.58. The second-order valence-electron chi connectivity index (χ2n) is 3.68. The van der Waals surface area contributed by atoms with Crippen LogP contribution in [0.15, 0.2) is 69.9 Å². The van der Waals surface area contributed by atoms with Gasteiger partial charge in [-0.1, -0.05) is 60.1 Å². The first-order chi connectivity index (χ1) is 8.60. The van der Waals surface area contributed by atoms with Gasteiger partial charge in [-0.25, -0.2) is 8.42 Å². The molecule has 0 bridgehead atoms. The molecular weight excluding hydrogens is 268 g/mol. The minimum Gasteiger partial charge on any atom is -0.218 e. The van der Waals surface area contributed by atoms with Crippen LogP contribution in [0.25, 0.3) is 6.08 Å². The number of benzene rings is 2. The van der Waals surface area contributed by atoms with E-state index in [2.05, 4.69) is 0 Å². The monoisotopic (exact) mass is 278 g/mol. The first-order valence-electron chi connectivity index (χ1n) is 5.33. The van der Waals surface area contributed by atoms with Gasteiger partial charge in [0.15, 0.2) is 0 Å². The first kappa shape index (κ1) is 12.9. The highest BCUT2D eigenvalue weighted by Crippen LogP contribution is 2.24. The molecule has 0 saturated heterocycles. The lowest BCUT2D eigenvalue weighted by molar-refractivity contribution is 0.604. The predicted octanol–water partition coefficient (Wildman–Crippen LogP) is 3.70. The normalized spacial score (nSPS) is 12.4. The van der Waals surface area contributed by atoms with Crippen LogP contribution in [0, 0.1) is 0 Å². The molecule has 18 heavy (non-hydrogen) atoms. The van der Waals surface area contributed by atoms with E-state index in [1.165, 1.54) is 18.2 Å². The summed E-state index contributed by atoms with van der Waals surface area (Å²) in [6, 6.07) is 17.2. The summed E-state index contributed by atoms with van der Waals surface area (Å²) in [7, 11) is -3.61. The largest absolute Gasteiger partial charge is 0.218 e. The molecule has 0 unspecified atom stereocenters. The molecule has 2 rings (SSSR count). The summed E-state index contributed by atoms with van der Waals surface area (Å²) < 4.78 is 24.1. The Morgan fingerprint density at radius 2 is 1.39 bits per heavy atom. The minimum atomic E-state index is -3.61. The van der Waals surface area contributed by atoms with Crippen LogP contribution in [0.5, 0.6) is 0 Å². The van der Waals surface area contributed by atoms with Gasteiger partial charge in [0.1, 0.15) is 4.36 Å². The van der Waals surface area contributed by atoms with Crippen molar-refractivity contribution in [2.45, 2.75) is 4.90 Å². The van der Waals surface area contributed by atoms with Crippen molar-refractivity contribution in [1.29, 1.82) is 0 Å². The third-order valence-corrected chi connectivity index (χ3v) is 4.63. The topological polar surface area (TPSA) is 34.1 Å². The lowest BCUT2D eigenvalue weighted by Crippen LogP contribution is -2.00. The molecule has 2 aromatic carbocycles. The van der Waals surface area contributed by atoms with Gasteiger partial charge in [0.2, 0.25) is 9.84 Å². The molecule has 0 aliphatic carbocycles. The fourth-order valence-electron chi connectivity index (χ4n) is 1.47. The molecule has 4 heteroatoms. The lowest BCUT2D eigenvalue weighted by Gasteiger charge is -2.02. The number of rotatable bonds is 3. The molecule has 0 fully saturated rings. The van der Waals surface area contributed by atoms with Gasteiger partial charge in [0.05, 0.1) is 4.90 Å². The Kier molecular flexibility index (Phi) is 3.84. The Morgan fingerprint density at radius 1 is 0.889 bits per heavy atom. The summed E-state index contributed by atoms with van der Waals surface area (Å²) in [6.07, 6.45) is 1.45. The van der Waals surface area contributed by atoms with E-state index in [1.807, 2.05) is 18.2 Å². The van der Waals surface area contributed by atoms with Crippen LogP contribution in [0.2, 0.25) is 0 Å². The zero-order valence-corrected chi connectivity index (χ0v) is 11.0. The second-order valence-corrected chi connectivity index (χ2v) is 6.23. The molecule has 0 aliphatic rings. The Labute approximate surface area is 111 Å². The Balaban J connectivity index is 2.40. The van der Waals surface area contributed by atoms with E-state index in [0.29, 0.717) is 0 Å². The van der Waals surface area contributed by atoms with Gasteiger partial charge in [-0.15, -0.1) is 0 Å². The van der Waals surface area contributed by atoms with Gasteiger partial charge >= 0.3 is 0 Å². The quantitative estimate of drug-likeness (QED) is 0.858. The molecule has 0 aromatic heterocycles. The maximum Gasteiger partial charge on any atom is 0.217 e. The van der Waals surface area contributed by atoms with Crippen molar-refractivity contribution in [1.82, 2.24) is 0 Å². The molecule has 0 aliphatic heterocycles. The predicted molar refractivity (Wildman–Crippen MR) is 73.9 cm³/mol. The average molecular weight is 279 g/mol. The van der Waals surface area contributed by atoms with E-state index in [9.17, 15) is 8.42 Å². The number of hydrogen-bond acceptors (Lipinski definition) is 2. The van der Waals surface area contributed by atoms with Crippen molar-refractivity contribution in [3.8, 4) is 0 Å². The van der Waals surface area contributed by atoms with Gasteiger partial charge < -0.3 is 0 Å². The van der Waals surface area contributed by atoms with E-state index in [4.69, 9.17) is 11.6 Å². The fourth-order valence-corrected chi connectivity index (χ4v) is 2.90. The molecule has 2 aromatic rings. The Bertz CT molecular complexity index is 647. The van der Waals surface area contributed by atoms with Gasteiger partial charge in [0.25, 0.3) is 0 Å². The maximum atomic E-state index is 12.1. The zero-order chi connectivity index (χ0) is 13.0. The number of hydrogen-bond donors (Lipinski definition) is 0. The molecule has 92 valence electrons. The van der Waals surface area contributed by atoms with Gasteiger partial charge in [-0.3, -0.25) is 0 Å². The lowest BCUT2D eigenvalue weighted by atomic mass is 10.2. The molecular formula is C14H11ClO2S. The van der Waals surface area contributed by atoms with E-state index >= 15 is 0 Å². The van der Waals surface area contributed by atoms with Crippen molar-refractivity contribution in [2.24, 2.45) is 0 Å². The van der Waals surface area contributed by atoms with E-state index < -0.39 is 9.84 Å². The van der Waals surface area contributed by atoms with Crippen LogP contribution >= 0.6 is 11.6 Å². The van der Waals surface area contributed by atoms with Gasteiger partial charge in [0, 0.05) is 0 Å². The molecule has 0 N–H and O–H groups in total. The summed E-state index contributed by atoms with van der Waals surface area (Å²) in [5.41, 5.74) is 0.752. The SMILES string of the molecule is O=S(=O)(/C(Cl)=C\c1ccccc1)c1ccccc1. The van der Waals surface area contributed by atoms with Crippen LogP contribution in [0.3, 0.4) is 0 Å². The molecule has 0 saturated carbocycles. The van der Waals surface area contributed by atoms with Crippen molar-refractivity contribution in [3.05, 3.63) is 70.6 Å². The average Bonchev–Trinajstić information content (AvgIpc) is 2.41. The van der Waals surface area contributed by atoms with Crippen LogP contribution in [0.4, 0.5) is 0 Å². The summed E-state index contributed by atoms with van der Waals surface area (Å²) >= 11 is 5.91.